The van der Waals surface area contributed by atoms with Gasteiger partial charge in [-0.2, -0.15) is 0 Å². The molecule has 1 unspecified atom stereocenters. The summed E-state index contributed by atoms with van der Waals surface area (Å²) in [7, 11) is 0. The van der Waals surface area contributed by atoms with Crippen molar-refractivity contribution in [3.05, 3.63) is 83.4 Å². The average Bonchev–Trinajstić information content (AvgIpc) is 2.71. The molecule has 0 spiro atoms. The molecule has 0 bridgehead atoms. The molecule has 3 aromatic carbocycles. The van der Waals surface area contributed by atoms with E-state index in [1.807, 2.05) is 25.1 Å². The van der Waals surface area contributed by atoms with Crippen molar-refractivity contribution >= 4 is 16.7 Å². The van der Waals surface area contributed by atoms with Crippen molar-refractivity contribution in [2.45, 2.75) is 32.7 Å². The smallest absolute Gasteiger partial charge is 0.338 e. The molecule has 0 aliphatic heterocycles. The van der Waals surface area contributed by atoms with Crippen molar-refractivity contribution in [2.75, 3.05) is 13.2 Å². The number of benzene rings is 3. The summed E-state index contributed by atoms with van der Waals surface area (Å²) in [4.78, 5) is 11.8. The number of esters is 1. The molecule has 1 N–H and O–H groups in total. The van der Waals surface area contributed by atoms with E-state index in [0.29, 0.717) is 18.2 Å². The van der Waals surface area contributed by atoms with Crippen molar-refractivity contribution < 1.29 is 9.53 Å². The zero-order valence-electron chi connectivity index (χ0n) is 16.1. The summed E-state index contributed by atoms with van der Waals surface area (Å²) in [6.07, 6.45) is 1.95. The van der Waals surface area contributed by atoms with E-state index in [4.69, 9.17) is 4.74 Å². The van der Waals surface area contributed by atoms with Gasteiger partial charge in [0.2, 0.25) is 0 Å². The Morgan fingerprint density at radius 1 is 1.04 bits per heavy atom. The van der Waals surface area contributed by atoms with Crippen LogP contribution in [0.1, 0.15) is 47.8 Å². The molecule has 3 rings (SSSR count). The highest BCUT2D eigenvalue weighted by Gasteiger charge is 2.09. The summed E-state index contributed by atoms with van der Waals surface area (Å²) in [5, 5.41) is 6.21. The van der Waals surface area contributed by atoms with Gasteiger partial charge in [-0.05, 0) is 67.3 Å². The van der Waals surface area contributed by atoms with Gasteiger partial charge >= 0.3 is 5.97 Å². The largest absolute Gasteiger partial charge is 0.462 e. The fourth-order valence-electron chi connectivity index (χ4n) is 3.42. The third-order valence-electron chi connectivity index (χ3n) is 4.82. The first-order valence-corrected chi connectivity index (χ1v) is 9.66. The Labute approximate surface area is 161 Å². The van der Waals surface area contributed by atoms with E-state index in [1.54, 1.807) is 0 Å². The second kappa shape index (κ2) is 9.33. The summed E-state index contributed by atoms with van der Waals surface area (Å²) in [5.41, 5.74) is 3.13. The van der Waals surface area contributed by atoms with Gasteiger partial charge in [0.05, 0.1) is 12.2 Å². The zero-order chi connectivity index (χ0) is 19.1. The third-order valence-corrected chi connectivity index (χ3v) is 4.82. The van der Waals surface area contributed by atoms with E-state index in [1.165, 1.54) is 21.9 Å². The van der Waals surface area contributed by atoms with Crippen LogP contribution in [0.25, 0.3) is 10.8 Å². The maximum Gasteiger partial charge on any atom is 0.338 e. The van der Waals surface area contributed by atoms with Crippen LogP contribution in [0.15, 0.2) is 66.7 Å². The topological polar surface area (TPSA) is 38.3 Å². The van der Waals surface area contributed by atoms with Gasteiger partial charge in [-0.3, -0.25) is 0 Å². The van der Waals surface area contributed by atoms with Crippen LogP contribution in [0.2, 0.25) is 0 Å². The molecule has 140 valence electrons. The number of rotatable bonds is 8. The van der Waals surface area contributed by atoms with Crippen LogP contribution in [-0.2, 0) is 11.2 Å². The molecular formula is C24H27NO2. The van der Waals surface area contributed by atoms with Gasteiger partial charge in [0.25, 0.3) is 0 Å². The maximum atomic E-state index is 11.8. The Balaban J connectivity index is 1.54. The Bertz CT molecular complexity index is 898. The van der Waals surface area contributed by atoms with E-state index in [9.17, 15) is 4.79 Å². The second-order valence-electron chi connectivity index (χ2n) is 6.77. The summed E-state index contributed by atoms with van der Waals surface area (Å²) >= 11 is 0. The molecule has 1 atom stereocenters. The molecule has 0 fully saturated rings. The van der Waals surface area contributed by atoms with E-state index < -0.39 is 0 Å². The highest BCUT2D eigenvalue weighted by Crippen LogP contribution is 2.24. The predicted octanol–water partition coefficient (Wildman–Crippen LogP) is 5.30. The van der Waals surface area contributed by atoms with Crippen LogP contribution < -0.4 is 5.32 Å². The molecule has 0 aliphatic rings. The van der Waals surface area contributed by atoms with Crippen LogP contribution >= 0.6 is 0 Å². The van der Waals surface area contributed by atoms with E-state index in [-0.39, 0.29) is 5.97 Å². The van der Waals surface area contributed by atoms with Gasteiger partial charge in [0.15, 0.2) is 0 Å². The average molecular weight is 361 g/mol. The van der Waals surface area contributed by atoms with Gasteiger partial charge < -0.3 is 10.1 Å². The second-order valence-corrected chi connectivity index (χ2v) is 6.77. The number of hydrogen-bond acceptors (Lipinski definition) is 3. The molecule has 0 saturated heterocycles. The molecular weight excluding hydrogens is 334 g/mol. The van der Waals surface area contributed by atoms with Gasteiger partial charge in [-0.15, -0.1) is 0 Å². The van der Waals surface area contributed by atoms with Crippen LogP contribution in [0.3, 0.4) is 0 Å². The summed E-state index contributed by atoms with van der Waals surface area (Å²) in [5.74, 6) is -0.248. The number of carbonyl (C=O) groups is 1. The first-order chi connectivity index (χ1) is 13.2. The lowest BCUT2D eigenvalue weighted by atomic mass is 9.99. The number of fused-ring (bicyclic) bond motifs is 1. The summed E-state index contributed by atoms with van der Waals surface area (Å²) < 4.78 is 5.07. The highest BCUT2D eigenvalue weighted by molar-refractivity contribution is 5.89. The van der Waals surface area contributed by atoms with Crippen LogP contribution in [0.5, 0.6) is 0 Å². The van der Waals surface area contributed by atoms with Gasteiger partial charge in [0.1, 0.15) is 0 Å². The minimum atomic E-state index is -0.248. The van der Waals surface area contributed by atoms with Gasteiger partial charge in [-0.1, -0.05) is 54.6 Å². The highest BCUT2D eigenvalue weighted by atomic mass is 16.5. The molecule has 27 heavy (non-hydrogen) atoms. The fourth-order valence-corrected chi connectivity index (χ4v) is 3.42. The van der Waals surface area contributed by atoms with Gasteiger partial charge in [-0.25, -0.2) is 4.79 Å². The van der Waals surface area contributed by atoms with Crippen LogP contribution in [-0.4, -0.2) is 19.1 Å². The number of ether oxygens (including phenoxy) is 1. The lowest BCUT2D eigenvalue weighted by molar-refractivity contribution is 0.0526. The fraction of sp³-hybridized carbons (Fsp3) is 0.292. The molecule has 3 aromatic rings. The van der Waals surface area contributed by atoms with Crippen LogP contribution in [0.4, 0.5) is 0 Å². The van der Waals surface area contributed by atoms with E-state index >= 15 is 0 Å². The van der Waals surface area contributed by atoms with Crippen molar-refractivity contribution in [1.82, 2.24) is 5.32 Å². The zero-order valence-corrected chi connectivity index (χ0v) is 16.1. The lowest BCUT2D eigenvalue weighted by Gasteiger charge is -2.16. The van der Waals surface area contributed by atoms with Crippen molar-refractivity contribution in [1.29, 1.82) is 0 Å². The molecule has 0 amide bonds. The Kier molecular flexibility index (Phi) is 6.61. The van der Waals surface area contributed by atoms with Crippen LogP contribution in [0, 0.1) is 0 Å². The van der Waals surface area contributed by atoms with Crippen molar-refractivity contribution in [3.63, 3.8) is 0 Å². The predicted molar refractivity (Wildman–Crippen MR) is 111 cm³/mol. The third kappa shape index (κ3) is 4.95. The Hall–Kier alpha value is -2.65. The monoisotopic (exact) mass is 361 g/mol. The SMILES string of the molecule is CCOC(=O)c1cccc(CCCNC(C)c2cccc3ccccc23)c1. The molecule has 0 radical (unpaired) electrons. The molecule has 3 heteroatoms. The number of hydrogen-bond donors (Lipinski definition) is 1. The first kappa shape index (κ1) is 19.1. The molecule has 0 aromatic heterocycles. The Morgan fingerprint density at radius 2 is 1.81 bits per heavy atom. The molecule has 0 saturated carbocycles. The quantitative estimate of drug-likeness (QED) is 0.437. The van der Waals surface area contributed by atoms with Gasteiger partial charge in [0, 0.05) is 6.04 Å². The lowest BCUT2D eigenvalue weighted by Crippen LogP contribution is -2.20. The minimum absolute atomic E-state index is 0.248. The van der Waals surface area contributed by atoms with Crippen molar-refractivity contribution in [2.24, 2.45) is 0 Å². The number of carbonyl (C=O) groups excluding carboxylic acids is 1. The Morgan fingerprint density at radius 3 is 2.67 bits per heavy atom. The number of nitrogens with one attached hydrogen (secondary N) is 1. The number of aryl methyl sites for hydroxylation is 1. The molecule has 0 aliphatic carbocycles. The van der Waals surface area contributed by atoms with E-state index in [2.05, 4.69) is 60.8 Å². The maximum absolute atomic E-state index is 11.8. The minimum Gasteiger partial charge on any atom is -0.462 e. The summed E-state index contributed by atoms with van der Waals surface area (Å²) in [6, 6.07) is 23.0. The molecule has 0 heterocycles. The first-order valence-electron chi connectivity index (χ1n) is 9.66. The molecule has 3 nitrogen and oxygen atoms in total. The normalized spacial score (nSPS) is 12.1. The summed E-state index contributed by atoms with van der Waals surface area (Å²) in [6.45, 7) is 5.36. The standard InChI is InChI=1S/C24H27NO2/c1-3-27-24(26)21-13-6-9-19(17-21)10-8-16-25-18(2)22-15-7-12-20-11-4-5-14-23(20)22/h4-7,9,11-15,17-18,25H,3,8,10,16H2,1-2H3. The van der Waals surface area contributed by atoms with Crippen molar-refractivity contribution in [3.8, 4) is 0 Å². The van der Waals surface area contributed by atoms with E-state index in [0.717, 1.165) is 19.4 Å².